The maximum atomic E-state index is 13.7. The number of carbonyl (C=O) groups excluding carboxylic acids is 2. The number of likely N-dealkylation sites (tertiary alicyclic amines) is 1. The van der Waals surface area contributed by atoms with Crippen LogP contribution in [0.15, 0.2) is 48.0 Å². The Kier molecular flexibility index (Phi) is 5.46. The number of nitrogens with zero attached hydrogens (tertiary/aromatic N) is 1. The molecular formula is C25H26FNO3. The van der Waals surface area contributed by atoms with Crippen LogP contribution in [0, 0.1) is 12.7 Å². The van der Waals surface area contributed by atoms with Crippen LogP contribution in [0.25, 0.3) is 5.76 Å². The van der Waals surface area contributed by atoms with Crippen molar-refractivity contribution in [1.82, 2.24) is 4.90 Å². The summed E-state index contributed by atoms with van der Waals surface area (Å²) >= 11 is 0. The van der Waals surface area contributed by atoms with Gasteiger partial charge in [0, 0.05) is 11.6 Å². The first-order valence-corrected chi connectivity index (χ1v) is 10.6. The van der Waals surface area contributed by atoms with Gasteiger partial charge in [-0.1, -0.05) is 44.0 Å². The van der Waals surface area contributed by atoms with Crippen LogP contribution in [-0.4, -0.2) is 27.7 Å². The lowest BCUT2D eigenvalue weighted by Gasteiger charge is -2.30. The zero-order valence-corrected chi connectivity index (χ0v) is 17.3. The SMILES string of the molecule is CCc1ccc(C2/C(=C(/O)c3ccc(F)c(C)c3)C(=O)C(=O)N2C2CCCC2)cc1. The van der Waals surface area contributed by atoms with Crippen molar-refractivity contribution in [3.63, 3.8) is 0 Å². The summed E-state index contributed by atoms with van der Waals surface area (Å²) in [6, 6.07) is 11.4. The molecule has 2 aromatic rings. The largest absolute Gasteiger partial charge is 0.507 e. The molecule has 0 aromatic heterocycles. The van der Waals surface area contributed by atoms with Crippen LogP contribution in [0.5, 0.6) is 0 Å². The Hall–Kier alpha value is -2.95. The Balaban J connectivity index is 1.87. The number of ketones is 1. The molecule has 5 heteroatoms. The van der Waals surface area contributed by atoms with Crippen LogP contribution in [0.4, 0.5) is 4.39 Å². The van der Waals surface area contributed by atoms with Crippen LogP contribution in [0.1, 0.15) is 60.9 Å². The number of aryl methyl sites for hydroxylation is 2. The number of rotatable bonds is 4. The number of Topliss-reactive ketones (excluding diaryl/α,β-unsaturated/α-hetero) is 1. The average Bonchev–Trinajstić information content (AvgIpc) is 3.36. The van der Waals surface area contributed by atoms with E-state index in [4.69, 9.17) is 0 Å². The summed E-state index contributed by atoms with van der Waals surface area (Å²) in [5.74, 6) is -1.87. The minimum atomic E-state index is -0.675. The molecule has 30 heavy (non-hydrogen) atoms. The highest BCUT2D eigenvalue weighted by atomic mass is 19.1. The monoisotopic (exact) mass is 407 g/mol. The van der Waals surface area contributed by atoms with Crippen molar-refractivity contribution in [1.29, 1.82) is 0 Å². The van der Waals surface area contributed by atoms with Crippen molar-refractivity contribution in [3.05, 3.63) is 76.1 Å². The minimum absolute atomic E-state index is 0.0162. The van der Waals surface area contributed by atoms with Crippen molar-refractivity contribution in [2.24, 2.45) is 0 Å². The van der Waals surface area contributed by atoms with Crippen molar-refractivity contribution >= 4 is 17.4 Å². The fourth-order valence-corrected chi connectivity index (χ4v) is 4.62. The van der Waals surface area contributed by atoms with Gasteiger partial charge in [-0.3, -0.25) is 9.59 Å². The van der Waals surface area contributed by atoms with E-state index in [1.54, 1.807) is 11.8 Å². The van der Waals surface area contributed by atoms with E-state index in [1.165, 1.54) is 18.2 Å². The molecule has 1 heterocycles. The second kappa shape index (κ2) is 8.05. The Morgan fingerprint density at radius 3 is 2.37 bits per heavy atom. The number of halogens is 1. The first kappa shape index (κ1) is 20.3. The molecular weight excluding hydrogens is 381 g/mol. The highest BCUT2D eigenvalue weighted by Crippen LogP contribution is 2.43. The lowest BCUT2D eigenvalue weighted by Crippen LogP contribution is -2.37. The minimum Gasteiger partial charge on any atom is -0.507 e. The molecule has 2 aromatic carbocycles. The molecule has 1 saturated heterocycles. The first-order valence-electron chi connectivity index (χ1n) is 10.6. The fraction of sp³-hybridized carbons (Fsp3) is 0.360. The third kappa shape index (κ3) is 3.42. The summed E-state index contributed by atoms with van der Waals surface area (Å²) in [7, 11) is 0. The number of benzene rings is 2. The smallest absolute Gasteiger partial charge is 0.295 e. The van der Waals surface area contributed by atoms with Crippen molar-refractivity contribution in [2.75, 3.05) is 0 Å². The highest BCUT2D eigenvalue weighted by molar-refractivity contribution is 6.46. The summed E-state index contributed by atoms with van der Waals surface area (Å²) < 4.78 is 13.7. The molecule has 1 aliphatic carbocycles. The summed E-state index contributed by atoms with van der Waals surface area (Å²) in [6.45, 7) is 3.67. The van der Waals surface area contributed by atoms with E-state index in [0.29, 0.717) is 11.1 Å². The van der Waals surface area contributed by atoms with Gasteiger partial charge in [-0.05, 0) is 61.1 Å². The second-order valence-electron chi connectivity index (χ2n) is 8.20. The predicted octanol–water partition coefficient (Wildman–Crippen LogP) is 5.06. The standard InChI is InChI=1S/C25H26FNO3/c1-3-16-8-10-17(11-9-16)22-21(23(28)18-12-13-20(26)15(2)14-18)24(29)25(30)27(22)19-6-4-5-7-19/h8-14,19,22,28H,3-7H2,1-2H3/b23-21-. The van der Waals surface area contributed by atoms with Gasteiger partial charge in [0.1, 0.15) is 11.6 Å². The average molecular weight is 407 g/mol. The summed E-state index contributed by atoms with van der Waals surface area (Å²) in [5, 5.41) is 11.1. The maximum Gasteiger partial charge on any atom is 0.295 e. The topological polar surface area (TPSA) is 57.6 Å². The van der Waals surface area contributed by atoms with Crippen molar-refractivity contribution < 1.29 is 19.1 Å². The number of aliphatic hydroxyl groups excluding tert-OH is 1. The van der Waals surface area contributed by atoms with E-state index in [9.17, 15) is 19.1 Å². The van der Waals surface area contributed by atoms with Gasteiger partial charge in [0.2, 0.25) is 0 Å². The molecule has 1 amide bonds. The summed E-state index contributed by atoms with van der Waals surface area (Å²) in [4.78, 5) is 27.8. The Morgan fingerprint density at radius 1 is 1.10 bits per heavy atom. The van der Waals surface area contributed by atoms with Crippen LogP contribution < -0.4 is 0 Å². The van der Waals surface area contributed by atoms with Crippen LogP contribution >= 0.6 is 0 Å². The number of hydrogen-bond acceptors (Lipinski definition) is 3. The Morgan fingerprint density at radius 2 is 1.77 bits per heavy atom. The molecule has 1 N–H and O–H groups in total. The lowest BCUT2D eigenvalue weighted by molar-refractivity contribution is -0.141. The summed E-state index contributed by atoms with van der Waals surface area (Å²) in [6.07, 6.45) is 4.63. The van der Waals surface area contributed by atoms with E-state index in [0.717, 1.165) is 43.2 Å². The van der Waals surface area contributed by atoms with Crippen LogP contribution in [0.3, 0.4) is 0 Å². The van der Waals surface area contributed by atoms with Crippen LogP contribution in [0.2, 0.25) is 0 Å². The predicted molar refractivity (Wildman–Crippen MR) is 113 cm³/mol. The molecule has 4 nitrogen and oxygen atoms in total. The Bertz CT molecular complexity index is 1020. The van der Waals surface area contributed by atoms with Gasteiger partial charge in [0.15, 0.2) is 0 Å². The molecule has 1 unspecified atom stereocenters. The Labute approximate surface area is 176 Å². The first-order chi connectivity index (χ1) is 14.4. The third-order valence-electron chi connectivity index (χ3n) is 6.33. The zero-order chi connectivity index (χ0) is 21.4. The maximum absolute atomic E-state index is 13.7. The van der Waals surface area contributed by atoms with Crippen molar-refractivity contribution in [2.45, 2.75) is 58.0 Å². The van der Waals surface area contributed by atoms with Crippen LogP contribution in [-0.2, 0) is 16.0 Å². The van der Waals surface area contributed by atoms with Gasteiger partial charge in [0.25, 0.3) is 11.7 Å². The highest BCUT2D eigenvalue weighted by Gasteiger charge is 2.49. The van der Waals surface area contributed by atoms with E-state index in [1.807, 2.05) is 24.3 Å². The van der Waals surface area contributed by atoms with Crippen molar-refractivity contribution in [3.8, 4) is 0 Å². The molecule has 0 spiro atoms. The van der Waals surface area contributed by atoms with Gasteiger partial charge in [-0.15, -0.1) is 0 Å². The van der Waals surface area contributed by atoms with Gasteiger partial charge < -0.3 is 10.0 Å². The number of hydrogen-bond donors (Lipinski definition) is 1. The molecule has 1 atom stereocenters. The molecule has 4 rings (SSSR count). The number of carbonyl (C=O) groups is 2. The fourth-order valence-electron chi connectivity index (χ4n) is 4.62. The molecule has 156 valence electrons. The lowest BCUT2D eigenvalue weighted by atomic mass is 9.93. The third-order valence-corrected chi connectivity index (χ3v) is 6.33. The van der Waals surface area contributed by atoms with Gasteiger partial charge in [-0.25, -0.2) is 4.39 Å². The molecule has 0 radical (unpaired) electrons. The van der Waals surface area contributed by atoms with E-state index in [2.05, 4.69) is 6.92 Å². The summed E-state index contributed by atoms with van der Waals surface area (Å²) in [5.41, 5.74) is 2.76. The number of aliphatic hydroxyl groups is 1. The quantitative estimate of drug-likeness (QED) is 0.438. The molecule has 2 fully saturated rings. The van der Waals surface area contributed by atoms with Gasteiger partial charge >= 0.3 is 0 Å². The van der Waals surface area contributed by atoms with Gasteiger partial charge in [0.05, 0.1) is 11.6 Å². The molecule has 1 aliphatic heterocycles. The normalized spacial score (nSPS) is 21.6. The molecule has 1 saturated carbocycles. The molecule has 0 bridgehead atoms. The number of amides is 1. The van der Waals surface area contributed by atoms with Gasteiger partial charge in [-0.2, -0.15) is 0 Å². The van der Waals surface area contributed by atoms with E-state index in [-0.39, 0.29) is 23.2 Å². The van der Waals surface area contributed by atoms with E-state index < -0.39 is 17.7 Å². The zero-order valence-electron chi connectivity index (χ0n) is 17.3. The van der Waals surface area contributed by atoms with E-state index >= 15 is 0 Å². The second-order valence-corrected chi connectivity index (χ2v) is 8.20. The molecule has 2 aliphatic rings.